The summed E-state index contributed by atoms with van der Waals surface area (Å²) in [6.07, 6.45) is 2.08. The molecule has 9 nitrogen and oxygen atoms in total. The van der Waals surface area contributed by atoms with Gasteiger partial charge in [-0.2, -0.15) is 0 Å². The Labute approximate surface area is 194 Å². The quantitative estimate of drug-likeness (QED) is 0.253. The van der Waals surface area contributed by atoms with E-state index in [0.717, 1.165) is 31.2 Å². The lowest BCUT2D eigenvalue weighted by Crippen LogP contribution is -2.42. The van der Waals surface area contributed by atoms with Gasteiger partial charge in [0.2, 0.25) is 0 Å². The SMILES string of the molecule is CC[C@@H](Nc1c(Nc2ccc(Cl)c(SN3C[C@H](O)CO3)c2O)c(=O)c1=O)C1CCC(C)O1. The zero-order valence-electron chi connectivity index (χ0n) is 17.8. The highest BCUT2D eigenvalue weighted by molar-refractivity contribution is 7.97. The van der Waals surface area contributed by atoms with Crippen molar-refractivity contribution in [3.8, 4) is 5.75 Å². The number of hydroxylamine groups is 1. The molecule has 0 aliphatic carbocycles. The Morgan fingerprint density at radius 1 is 1.28 bits per heavy atom. The Hall–Kier alpha value is -1.82. The smallest absolute Gasteiger partial charge is 0.253 e. The first kappa shape index (κ1) is 23.3. The molecule has 2 unspecified atom stereocenters. The van der Waals surface area contributed by atoms with Crippen molar-refractivity contribution in [2.45, 2.75) is 62.4 Å². The first-order chi connectivity index (χ1) is 15.3. The topological polar surface area (TPSA) is 120 Å². The normalized spacial score (nSPS) is 24.8. The Kier molecular flexibility index (Phi) is 6.99. The molecule has 174 valence electrons. The Morgan fingerprint density at radius 2 is 2.03 bits per heavy atom. The maximum absolute atomic E-state index is 12.3. The largest absolute Gasteiger partial charge is 0.505 e. The molecule has 4 atom stereocenters. The van der Waals surface area contributed by atoms with Gasteiger partial charge in [0.25, 0.3) is 10.9 Å². The van der Waals surface area contributed by atoms with Gasteiger partial charge in [-0.15, -0.1) is 4.47 Å². The van der Waals surface area contributed by atoms with Gasteiger partial charge in [-0.25, -0.2) is 0 Å². The summed E-state index contributed by atoms with van der Waals surface area (Å²) in [7, 11) is 0. The molecular weight excluding hydrogens is 458 g/mol. The van der Waals surface area contributed by atoms with Crippen molar-refractivity contribution in [1.29, 1.82) is 0 Å². The van der Waals surface area contributed by atoms with Gasteiger partial charge in [-0.3, -0.25) is 14.4 Å². The fraction of sp³-hybridized carbons (Fsp3) is 0.524. The number of nitrogens with one attached hydrogen (secondary N) is 2. The lowest BCUT2D eigenvalue weighted by molar-refractivity contribution is -0.0215. The average Bonchev–Trinajstić information content (AvgIpc) is 3.39. The fourth-order valence-corrected chi connectivity index (χ4v) is 5.07. The summed E-state index contributed by atoms with van der Waals surface area (Å²) in [5.41, 5.74) is -0.733. The molecule has 2 fully saturated rings. The fourth-order valence-electron chi connectivity index (χ4n) is 3.90. The summed E-state index contributed by atoms with van der Waals surface area (Å²) < 4.78 is 7.35. The van der Waals surface area contributed by atoms with Crippen LogP contribution < -0.4 is 21.5 Å². The highest BCUT2D eigenvalue weighted by atomic mass is 35.5. The number of aliphatic hydroxyl groups excluding tert-OH is 1. The number of phenols is 1. The van der Waals surface area contributed by atoms with Crippen LogP contribution in [0.4, 0.5) is 17.1 Å². The molecule has 4 rings (SSSR count). The van der Waals surface area contributed by atoms with E-state index in [1.54, 1.807) is 6.07 Å². The molecule has 2 heterocycles. The molecule has 0 bridgehead atoms. The van der Waals surface area contributed by atoms with E-state index in [9.17, 15) is 19.8 Å². The van der Waals surface area contributed by atoms with Gasteiger partial charge in [0.1, 0.15) is 11.4 Å². The van der Waals surface area contributed by atoms with Crippen molar-refractivity contribution < 1.29 is 19.8 Å². The van der Waals surface area contributed by atoms with Crippen LogP contribution in [0, 0.1) is 0 Å². The number of benzene rings is 1. The molecule has 2 aliphatic heterocycles. The van der Waals surface area contributed by atoms with E-state index in [0.29, 0.717) is 4.90 Å². The minimum atomic E-state index is -0.655. The number of halogens is 1. The van der Waals surface area contributed by atoms with E-state index in [1.165, 1.54) is 10.5 Å². The molecule has 2 aliphatic rings. The molecule has 32 heavy (non-hydrogen) atoms. The lowest BCUT2D eigenvalue weighted by Gasteiger charge is -2.26. The number of aromatic hydroxyl groups is 1. The number of ether oxygens (including phenoxy) is 1. The van der Waals surface area contributed by atoms with Crippen LogP contribution >= 0.6 is 23.5 Å². The van der Waals surface area contributed by atoms with Crippen LogP contribution in [0.15, 0.2) is 26.6 Å². The number of hydrogen-bond donors (Lipinski definition) is 4. The van der Waals surface area contributed by atoms with Crippen molar-refractivity contribution in [1.82, 2.24) is 4.47 Å². The van der Waals surface area contributed by atoms with Crippen LogP contribution in [0.25, 0.3) is 0 Å². The summed E-state index contributed by atoms with van der Waals surface area (Å²) >= 11 is 7.28. The van der Waals surface area contributed by atoms with Gasteiger partial charge in [0.15, 0.2) is 5.75 Å². The number of aliphatic hydroxyl groups is 1. The second kappa shape index (κ2) is 9.58. The van der Waals surface area contributed by atoms with Gasteiger partial charge < -0.3 is 25.6 Å². The van der Waals surface area contributed by atoms with Crippen LogP contribution in [-0.4, -0.2) is 52.2 Å². The zero-order chi connectivity index (χ0) is 23.0. The highest BCUT2D eigenvalue weighted by Gasteiger charge is 2.32. The Balaban J connectivity index is 1.53. The first-order valence-corrected chi connectivity index (χ1v) is 11.7. The number of rotatable bonds is 8. The van der Waals surface area contributed by atoms with Crippen LogP contribution in [-0.2, 0) is 9.57 Å². The molecule has 0 aromatic heterocycles. The van der Waals surface area contributed by atoms with Crippen molar-refractivity contribution in [3.63, 3.8) is 0 Å². The monoisotopic (exact) mass is 483 g/mol. The lowest BCUT2D eigenvalue weighted by atomic mass is 10.0. The van der Waals surface area contributed by atoms with Gasteiger partial charge in [-0.05, 0) is 50.3 Å². The molecular formula is C21H26ClN3O6S. The molecule has 0 spiro atoms. The van der Waals surface area contributed by atoms with E-state index in [1.807, 2.05) is 13.8 Å². The van der Waals surface area contributed by atoms with Crippen LogP contribution in [0.5, 0.6) is 5.75 Å². The van der Waals surface area contributed by atoms with E-state index < -0.39 is 17.0 Å². The van der Waals surface area contributed by atoms with E-state index in [2.05, 4.69) is 10.6 Å². The molecule has 4 N–H and O–H groups in total. The number of anilines is 3. The third-order valence-electron chi connectivity index (χ3n) is 5.70. The first-order valence-electron chi connectivity index (χ1n) is 10.6. The number of phenolic OH excluding ortho intramolecular Hbond substituents is 1. The van der Waals surface area contributed by atoms with Crippen LogP contribution in [0.2, 0.25) is 5.02 Å². The van der Waals surface area contributed by atoms with Gasteiger partial charge >= 0.3 is 0 Å². The number of hydrogen-bond acceptors (Lipinski definition) is 10. The van der Waals surface area contributed by atoms with Gasteiger partial charge in [-0.1, -0.05) is 18.5 Å². The second-order valence-electron chi connectivity index (χ2n) is 8.08. The van der Waals surface area contributed by atoms with Crippen LogP contribution in [0.3, 0.4) is 0 Å². The van der Waals surface area contributed by atoms with Crippen LogP contribution in [0.1, 0.15) is 33.1 Å². The minimum Gasteiger partial charge on any atom is -0.505 e. The average molecular weight is 484 g/mol. The molecule has 2 aromatic carbocycles. The van der Waals surface area contributed by atoms with Crippen molar-refractivity contribution in [2.75, 3.05) is 23.8 Å². The summed E-state index contributed by atoms with van der Waals surface area (Å²) in [5.74, 6) is -0.188. The summed E-state index contributed by atoms with van der Waals surface area (Å²) in [6, 6.07) is 2.99. The third kappa shape index (κ3) is 4.61. The summed E-state index contributed by atoms with van der Waals surface area (Å²) in [4.78, 5) is 30.2. The number of nitrogens with zero attached hydrogens (tertiary/aromatic N) is 1. The molecule has 0 saturated carbocycles. The maximum Gasteiger partial charge on any atom is 0.253 e. The highest BCUT2D eigenvalue weighted by Crippen LogP contribution is 2.43. The van der Waals surface area contributed by atoms with Gasteiger partial charge in [0.05, 0.1) is 53.1 Å². The van der Waals surface area contributed by atoms with E-state index in [4.69, 9.17) is 21.2 Å². The Morgan fingerprint density at radius 3 is 2.66 bits per heavy atom. The number of β-amino-alcohol motifs (C(OH)–C–C–N with tert-alkyl or cyclic N) is 1. The summed E-state index contributed by atoms with van der Waals surface area (Å²) in [6.45, 7) is 4.42. The molecule has 2 aromatic rings. The van der Waals surface area contributed by atoms with Crippen molar-refractivity contribution in [3.05, 3.63) is 37.6 Å². The standard InChI is InChI=1S/C21H26ClN3O6S/c1-3-13(15-7-4-10(2)31-15)23-16-17(20(29)19(16)28)24-14-6-5-12(22)21(18(14)27)32-25-8-11(26)9-30-25/h5-6,10-11,13,15,23-24,26-27H,3-4,7-9H2,1-2H3/t10?,11-,13+,15?/m0/s1. The van der Waals surface area contributed by atoms with Crippen molar-refractivity contribution >= 4 is 40.6 Å². The van der Waals surface area contributed by atoms with Crippen molar-refractivity contribution in [2.24, 2.45) is 0 Å². The second-order valence-corrected chi connectivity index (χ2v) is 9.49. The van der Waals surface area contributed by atoms with E-state index in [-0.39, 0.29) is 59.2 Å². The minimum absolute atomic E-state index is 0.0324. The van der Waals surface area contributed by atoms with E-state index >= 15 is 0 Å². The predicted octanol–water partition coefficient (Wildman–Crippen LogP) is 2.76. The van der Waals surface area contributed by atoms with Gasteiger partial charge in [0, 0.05) is 0 Å². The summed E-state index contributed by atoms with van der Waals surface area (Å²) in [5, 5.41) is 26.7. The molecule has 0 radical (unpaired) electrons. The molecule has 0 amide bonds. The predicted molar refractivity (Wildman–Crippen MR) is 124 cm³/mol. The maximum atomic E-state index is 12.3. The third-order valence-corrected chi connectivity index (χ3v) is 7.18. The Bertz CT molecular complexity index is 1060. The molecule has 11 heteroatoms. The molecule has 2 saturated heterocycles. The zero-order valence-corrected chi connectivity index (χ0v) is 19.3.